The van der Waals surface area contributed by atoms with E-state index in [0.717, 1.165) is 22.0 Å². The number of carbonyl (C=O) groups is 2. The number of amides is 1. The van der Waals surface area contributed by atoms with Crippen LogP contribution in [-0.4, -0.2) is 40.7 Å². The van der Waals surface area contributed by atoms with Crippen molar-refractivity contribution in [1.29, 1.82) is 0 Å². The molecule has 0 spiro atoms. The van der Waals surface area contributed by atoms with Gasteiger partial charge in [0.1, 0.15) is 12.3 Å². The van der Waals surface area contributed by atoms with E-state index in [-0.39, 0.29) is 11.6 Å². The first kappa shape index (κ1) is 23.6. The second-order valence-electron chi connectivity index (χ2n) is 7.79. The maximum Gasteiger partial charge on any atom is 0.329 e. The lowest BCUT2D eigenvalue weighted by molar-refractivity contribution is -0.142. The number of rotatable bonds is 10. The second-order valence-corrected chi connectivity index (χ2v) is 8.82. The summed E-state index contributed by atoms with van der Waals surface area (Å²) < 4.78 is 10.3. The van der Waals surface area contributed by atoms with E-state index in [1.165, 1.54) is 25.1 Å². The van der Waals surface area contributed by atoms with Crippen LogP contribution in [0.2, 0.25) is 0 Å². The maximum absolute atomic E-state index is 12.7. The molecular formula is C25H26N4O4S. The van der Waals surface area contributed by atoms with Gasteiger partial charge >= 0.3 is 5.97 Å². The first-order valence-electron chi connectivity index (χ1n) is 10.8. The molecule has 0 aliphatic carbocycles. The molecule has 0 saturated heterocycles. The highest BCUT2D eigenvalue weighted by Gasteiger charge is 2.25. The molecule has 2 aromatic heterocycles. The van der Waals surface area contributed by atoms with Crippen molar-refractivity contribution in [3.63, 3.8) is 0 Å². The van der Waals surface area contributed by atoms with Crippen molar-refractivity contribution in [3.8, 4) is 0 Å². The number of H-pyrrole nitrogens is 1. The van der Waals surface area contributed by atoms with Gasteiger partial charge in [0.15, 0.2) is 5.69 Å². The molecule has 0 saturated carbocycles. The molecule has 2 heterocycles. The number of para-hydroxylation sites is 1. The van der Waals surface area contributed by atoms with E-state index in [2.05, 4.69) is 15.3 Å². The van der Waals surface area contributed by atoms with Gasteiger partial charge in [-0.3, -0.25) is 4.79 Å². The van der Waals surface area contributed by atoms with E-state index >= 15 is 0 Å². The summed E-state index contributed by atoms with van der Waals surface area (Å²) >= 11 is 1.53. The molecule has 1 amide bonds. The van der Waals surface area contributed by atoms with Crippen molar-refractivity contribution < 1.29 is 18.7 Å². The Hall–Kier alpha value is -3.56. The van der Waals surface area contributed by atoms with Crippen molar-refractivity contribution in [2.45, 2.75) is 24.3 Å². The monoisotopic (exact) mass is 478 g/mol. The lowest BCUT2D eigenvalue weighted by Gasteiger charge is -2.15. The van der Waals surface area contributed by atoms with Crippen LogP contribution in [0, 0.1) is 0 Å². The lowest BCUT2D eigenvalue weighted by Crippen LogP contribution is -2.43. The topological polar surface area (TPSA) is 123 Å². The number of aromatic amines is 1. The molecule has 9 heteroatoms. The van der Waals surface area contributed by atoms with Crippen molar-refractivity contribution in [1.82, 2.24) is 15.3 Å². The number of hydrogen-bond donors (Lipinski definition) is 3. The Labute approximate surface area is 201 Å². The van der Waals surface area contributed by atoms with Gasteiger partial charge in [-0.2, -0.15) is 11.8 Å². The third-order valence-electron chi connectivity index (χ3n) is 5.37. The normalized spacial score (nSPS) is 12.9. The predicted octanol–water partition coefficient (Wildman–Crippen LogP) is 3.60. The predicted molar refractivity (Wildman–Crippen MR) is 131 cm³/mol. The Bertz CT molecular complexity index is 1250. The smallest absolute Gasteiger partial charge is 0.329 e. The van der Waals surface area contributed by atoms with Gasteiger partial charge in [-0.15, -0.1) is 0 Å². The van der Waals surface area contributed by atoms with Crippen molar-refractivity contribution >= 4 is 34.5 Å². The number of aromatic nitrogens is 2. The van der Waals surface area contributed by atoms with Crippen LogP contribution in [0.15, 0.2) is 71.5 Å². The lowest BCUT2D eigenvalue weighted by atomic mass is 10.1. The van der Waals surface area contributed by atoms with Crippen molar-refractivity contribution in [2.24, 2.45) is 5.73 Å². The summed E-state index contributed by atoms with van der Waals surface area (Å²) in [6, 6.07) is 16.5. The maximum atomic E-state index is 12.7. The second kappa shape index (κ2) is 11.0. The molecule has 176 valence electrons. The van der Waals surface area contributed by atoms with Gasteiger partial charge in [0, 0.05) is 28.6 Å². The van der Waals surface area contributed by atoms with Crippen molar-refractivity contribution in [2.75, 3.05) is 12.9 Å². The Morgan fingerprint density at radius 1 is 1.18 bits per heavy atom. The summed E-state index contributed by atoms with van der Waals surface area (Å²) in [6.07, 6.45) is 3.66. The molecule has 2 atom stereocenters. The fourth-order valence-corrected chi connectivity index (χ4v) is 4.60. The van der Waals surface area contributed by atoms with Gasteiger partial charge < -0.3 is 25.2 Å². The average molecular weight is 479 g/mol. The molecule has 0 aliphatic heterocycles. The molecule has 2 aromatic carbocycles. The van der Waals surface area contributed by atoms with Crippen LogP contribution in [0.5, 0.6) is 0 Å². The number of methoxy groups -OCH3 is 1. The molecule has 0 bridgehead atoms. The molecule has 4 aromatic rings. The number of esters is 1. The molecule has 4 N–H and O–H groups in total. The van der Waals surface area contributed by atoms with E-state index < -0.39 is 24.0 Å². The fourth-order valence-electron chi connectivity index (χ4n) is 3.60. The molecule has 4 rings (SSSR count). The van der Waals surface area contributed by atoms with E-state index in [1.54, 1.807) is 0 Å². The summed E-state index contributed by atoms with van der Waals surface area (Å²) in [5.74, 6) is 0.279. The fraction of sp³-hybridized carbons (Fsp3) is 0.240. The Balaban J connectivity index is 1.37. The number of fused-ring (bicyclic) bond motifs is 1. The number of carbonyl (C=O) groups excluding carboxylic acids is 2. The summed E-state index contributed by atoms with van der Waals surface area (Å²) in [6.45, 7) is 0. The van der Waals surface area contributed by atoms with Gasteiger partial charge in [0.25, 0.3) is 5.91 Å². The number of benzene rings is 2. The number of hydrogen-bond acceptors (Lipinski definition) is 7. The van der Waals surface area contributed by atoms with E-state index in [4.69, 9.17) is 14.9 Å². The minimum atomic E-state index is -0.814. The zero-order chi connectivity index (χ0) is 23.9. The third kappa shape index (κ3) is 5.67. The van der Waals surface area contributed by atoms with E-state index in [0.29, 0.717) is 17.9 Å². The molecule has 8 nitrogen and oxygen atoms in total. The van der Waals surface area contributed by atoms with Crippen LogP contribution >= 0.6 is 11.8 Å². The molecule has 0 radical (unpaired) electrons. The zero-order valence-corrected chi connectivity index (χ0v) is 19.5. The zero-order valence-electron chi connectivity index (χ0n) is 18.7. The van der Waals surface area contributed by atoms with Gasteiger partial charge in [-0.1, -0.05) is 48.5 Å². The largest absolute Gasteiger partial charge is 0.467 e. The number of nitrogens with one attached hydrogen (secondary N) is 2. The average Bonchev–Trinajstić information content (AvgIpc) is 3.52. The number of oxazole rings is 1. The van der Waals surface area contributed by atoms with Crippen LogP contribution < -0.4 is 11.1 Å². The van der Waals surface area contributed by atoms with E-state index in [1.807, 2.05) is 60.8 Å². The standard InChI is InChI=1S/C25H26N4O4S/c1-32-25(31)22(15-34-14-16-7-3-2-4-8-16)28-23(30)21-13-33-24(29-21)19(26)11-17-12-27-20-10-6-5-9-18(17)20/h2-10,12-13,19,22,27H,11,14-15,26H2,1H3,(H,28,30). The summed E-state index contributed by atoms with van der Waals surface area (Å²) in [5.41, 5.74) is 9.56. The van der Waals surface area contributed by atoms with Gasteiger partial charge in [-0.05, 0) is 23.6 Å². The Morgan fingerprint density at radius 3 is 2.74 bits per heavy atom. The molecule has 0 aliphatic rings. The Kier molecular flexibility index (Phi) is 7.66. The molecule has 0 fully saturated rings. The Morgan fingerprint density at radius 2 is 1.94 bits per heavy atom. The number of nitrogens with two attached hydrogens (primary N) is 1. The summed E-state index contributed by atoms with van der Waals surface area (Å²) in [5, 5.41) is 3.77. The quantitative estimate of drug-likeness (QED) is 0.298. The highest BCUT2D eigenvalue weighted by molar-refractivity contribution is 7.98. The first-order chi connectivity index (χ1) is 16.5. The summed E-state index contributed by atoms with van der Waals surface area (Å²) in [4.78, 5) is 32.4. The highest BCUT2D eigenvalue weighted by Crippen LogP contribution is 2.23. The molecular weight excluding hydrogens is 452 g/mol. The highest BCUT2D eigenvalue weighted by atomic mass is 32.2. The molecule has 2 unspecified atom stereocenters. The SMILES string of the molecule is COC(=O)C(CSCc1ccccc1)NC(=O)c1coc(C(N)Cc2c[nH]c3ccccc23)n1. The van der Waals surface area contributed by atoms with Gasteiger partial charge in [-0.25, -0.2) is 9.78 Å². The number of nitrogens with zero attached hydrogens (tertiary/aromatic N) is 1. The van der Waals surface area contributed by atoms with Crippen LogP contribution in [0.1, 0.15) is 33.5 Å². The van der Waals surface area contributed by atoms with Crippen LogP contribution in [0.25, 0.3) is 10.9 Å². The molecule has 34 heavy (non-hydrogen) atoms. The van der Waals surface area contributed by atoms with E-state index in [9.17, 15) is 9.59 Å². The van der Waals surface area contributed by atoms with Crippen molar-refractivity contribution in [3.05, 3.63) is 89.8 Å². The van der Waals surface area contributed by atoms with Gasteiger partial charge in [0.05, 0.1) is 13.2 Å². The third-order valence-corrected chi connectivity index (χ3v) is 6.48. The number of ether oxygens (including phenoxy) is 1. The van der Waals surface area contributed by atoms with Crippen LogP contribution in [0.4, 0.5) is 0 Å². The van der Waals surface area contributed by atoms with Gasteiger partial charge in [0.2, 0.25) is 5.89 Å². The summed E-state index contributed by atoms with van der Waals surface area (Å²) in [7, 11) is 1.29. The minimum absolute atomic E-state index is 0.0614. The minimum Gasteiger partial charge on any atom is -0.467 e. The number of thioether (sulfide) groups is 1. The first-order valence-corrected chi connectivity index (χ1v) is 12.0. The van der Waals surface area contributed by atoms with Crippen LogP contribution in [-0.2, 0) is 21.7 Å². The van der Waals surface area contributed by atoms with Crippen LogP contribution in [0.3, 0.4) is 0 Å².